The van der Waals surface area contributed by atoms with Gasteiger partial charge in [-0.3, -0.25) is 4.79 Å². The van der Waals surface area contributed by atoms with Gasteiger partial charge in [0.05, 0.1) is 23.9 Å². The SMILES string of the molecule is CNCC(=O)Nc1ccc2c(c1)ncn2C.Cl.Cl. The van der Waals surface area contributed by atoms with Crippen molar-refractivity contribution in [3.8, 4) is 0 Å². The van der Waals surface area contributed by atoms with Crippen LogP contribution in [-0.2, 0) is 11.8 Å². The van der Waals surface area contributed by atoms with Crippen LogP contribution in [0.3, 0.4) is 0 Å². The fraction of sp³-hybridized carbons (Fsp3) is 0.273. The van der Waals surface area contributed by atoms with E-state index in [-0.39, 0.29) is 30.7 Å². The van der Waals surface area contributed by atoms with Gasteiger partial charge in [0.2, 0.25) is 5.91 Å². The monoisotopic (exact) mass is 290 g/mol. The van der Waals surface area contributed by atoms with Crippen LogP contribution in [0.2, 0.25) is 0 Å². The molecule has 1 heterocycles. The van der Waals surface area contributed by atoms with Crippen molar-refractivity contribution >= 4 is 47.4 Å². The summed E-state index contributed by atoms with van der Waals surface area (Å²) in [5.41, 5.74) is 2.70. The number of amides is 1. The molecule has 0 fully saturated rings. The number of anilines is 1. The lowest BCUT2D eigenvalue weighted by Gasteiger charge is -2.04. The highest BCUT2D eigenvalue weighted by Crippen LogP contribution is 2.17. The Morgan fingerprint density at radius 2 is 2.11 bits per heavy atom. The Balaban J connectivity index is 0.00000144. The quantitative estimate of drug-likeness (QED) is 0.902. The molecule has 18 heavy (non-hydrogen) atoms. The average molecular weight is 291 g/mol. The van der Waals surface area contributed by atoms with Crippen LogP contribution in [-0.4, -0.2) is 29.1 Å². The number of aromatic nitrogens is 2. The van der Waals surface area contributed by atoms with Gasteiger partial charge in [0.25, 0.3) is 0 Å². The summed E-state index contributed by atoms with van der Waals surface area (Å²) in [5.74, 6) is -0.0576. The van der Waals surface area contributed by atoms with Crippen molar-refractivity contribution in [2.24, 2.45) is 7.05 Å². The number of carbonyl (C=O) groups excluding carboxylic acids is 1. The average Bonchev–Trinajstić information content (AvgIpc) is 2.60. The molecule has 0 aliphatic rings. The normalized spacial score (nSPS) is 9.44. The molecule has 7 heteroatoms. The van der Waals surface area contributed by atoms with Crippen LogP contribution < -0.4 is 10.6 Å². The number of nitrogens with zero attached hydrogens (tertiary/aromatic N) is 2. The smallest absolute Gasteiger partial charge is 0.238 e. The van der Waals surface area contributed by atoms with Crippen molar-refractivity contribution in [1.82, 2.24) is 14.9 Å². The first-order valence-electron chi connectivity index (χ1n) is 5.06. The summed E-state index contributed by atoms with van der Waals surface area (Å²) in [4.78, 5) is 15.6. The van der Waals surface area contributed by atoms with E-state index in [1.54, 1.807) is 13.4 Å². The fourth-order valence-corrected chi connectivity index (χ4v) is 1.58. The highest BCUT2D eigenvalue weighted by molar-refractivity contribution is 5.94. The summed E-state index contributed by atoms with van der Waals surface area (Å²) in [7, 11) is 3.68. The second-order valence-electron chi connectivity index (χ2n) is 3.64. The molecule has 0 saturated carbocycles. The van der Waals surface area contributed by atoms with E-state index >= 15 is 0 Å². The van der Waals surface area contributed by atoms with Crippen LogP contribution in [0.4, 0.5) is 5.69 Å². The number of hydrogen-bond donors (Lipinski definition) is 2. The fourth-order valence-electron chi connectivity index (χ4n) is 1.58. The minimum absolute atomic E-state index is 0. The molecule has 100 valence electrons. The number of imidazole rings is 1. The molecule has 0 aliphatic heterocycles. The lowest BCUT2D eigenvalue weighted by atomic mass is 10.2. The molecule has 0 atom stereocenters. The van der Waals surface area contributed by atoms with E-state index in [2.05, 4.69) is 15.6 Å². The van der Waals surface area contributed by atoms with E-state index in [1.165, 1.54) is 0 Å². The Morgan fingerprint density at radius 3 is 2.78 bits per heavy atom. The van der Waals surface area contributed by atoms with Gasteiger partial charge >= 0.3 is 0 Å². The third-order valence-corrected chi connectivity index (χ3v) is 2.35. The predicted molar refractivity (Wildman–Crippen MR) is 77.8 cm³/mol. The summed E-state index contributed by atoms with van der Waals surface area (Å²) < 4.78 is 1.94. The van der Waals surface area contributed by atoms with Crippen molar-refractivity contribution in [3.63, 3.8) is 0 Å². The number of carbonyl (C=O) groups is 1. The summed E-state index contributed by atoms with van der Waals surface area (Å²) in [6.45, 7) is 0.306. The highest BCUT2D eigenvalue weighted by Gasteiger charge is 2.03. The zero-order chi connectivity index (χ0) is 11.5. The largest absolute Gasteiger partial charge is 0.334 e. The third-order valence-electron chi connectivity index (χ3n) is 2.35. The molecule has 5 nitrogen and oxygen atoms in total. The van der Waals surface area contributed by atoms with Gasteiger partial charge in [-0.05, 0) is 25.2 Å². The number of benzene rings is 1. The van der Waals surface area contributed by atoms with E-state index in [9.17, 15) is 4.79 Å². The van der Waals surface area contributed by atoms with Crippen LogP contribution in [0.15, 0.2) is 24.5 Å². The van der Waals surface area contributed by atoms with Crippen LogP contribution in [0, 0.1) is 0 Å². The molecule has 0 spiro atoms. The van der Waals surface area contributed by atoms with Crippen molar-refractivity contribution in [1.29, 1.82) is 0 Å². The summed E-state index contributed by atoms with van der Waals surface area (Å²) in [6, 6.07) is 5.68. The third kappa shape index (κ3) is 3.60. The molecule has 0 saturated heterocycles. The first-order chi connectivity index (χ1) is 7.70. The Morgan fingerprint density at radius 1 is 1.39 bits per heavy atom. The Labute approximate surface area is 118 Å². The molecule has 1 amide bonds. The van der Waals surface area contributed by atoms with Crippen LogP contribution in [0.5, 0.6) is 0 Å². The molecular formula is C11H16Cl2N4O. The van der Waals surface area contributed by atoms with Gasteiger partial charge < -0.3 is 15.2 Å². The van der Waals surface area contributed by atoms with Gasteiger partial charge in [-0.2, -0.15) is 0 Å². The second kappa shape index (κ2) is 7.20. The Kier molecular flexibility index (Phi) is 6.68. The molecule has 1 aromatic carbocycles. The van der Waals surface area contributed by atoms with Gasteiger partial charge in [-0.1, -0.05) is 0 Å². The minimum atomic E-state index is -0.0576. The maximum atomic E-state index is 11.4. The van der Waals surface area contributed by atoms with Gasteiger partial charge in [0.15, 0.2) is 0 Å². The van der Waals surface area contributed by atoms with Crippen LogP contribution in [0.25, 0.3) is 11.0 Å². The number of likely N-dealkylation sites (N-methyl/N-ethyl adjacent to an activating group) is 1. The van der Waals surface area contributed by atoms with Crippen molar-refractivity contribution in [2.75, 3.05) is 18.9 Å². The maximum absolute atomic E-state index is 11.4. The maximum Gasteiger partial charge on any atom is 0.238 e. The summed E-state index contributed by atoms with van der Waals surface area (Å²) in [6.07, 6.45) is 1.75. The molecule has 2 aromatic rings. The standard InChI is InChI=1S/C11H14N4O.2ClH/c1-12-6-11(16)14-8-3-4-10-9(5-8)13-7-15(10)2;;/h3-5,7,12H,6H2,1-2H3,(H,14,16);2*1H. The van der Waals surface area contributed by atoms with Crippen molar-refractivity contribution < 1.29 is 4.79 Å². The van der Waals surface area contributed by atoms with E-state index in [1.807, 2.05) is 29.8 Å². The van der Waals surface area contributed by atoms with Crippen LogP contribution in [0.1, 0.15) is 0 Å². The second-order valence-corrected chi connectivity index (χ2v) is 3.64. The molecule has 0 bridgehead atoms. The lowest BCUT2D eigenvalue weighted by Crippen LogP contribution is -2.24. The van der Waals surface area contributed by atoms with Gasteiger partial charge in [0, 0.05) is 12.7 Å². The number of rotatable bonds is 3. The lowest BCUT2D eigenvalue weighted by molar-refractivity contribution is -0.115. The van der Waals surface area contributed by atoms with E-state index in [0.717, 1.165) is 16.7 Å². The van der Waals surface area contributed by atoms with E-state index in [0.29, 0.717) is 6.54 Å². The van der Waals surface area contributed by atoms with E-state index < -0.39 is 0 Å². The van der Waals surface area contributed by atoms with Gasteiger partial charge in [-0.25, -0.2) is 4.98 Å². The molecule has 2 rings (SSSR count). The van der Waals surface area contributed by atoms with Crippen molar-refractivity contribution in [2.45, 2.75) is 0 Å². The molecule has 0 radical (unpaired) electrons. The van der Waals surface area contributed by atoms with Gasteiger partial charge in [-0.15, -0.1) is 24.8 Å². The van der Waals surface area contributed by atoms with E-state index in [4.69, 9.17) is 0 Å². The zero-order valence-corrected chi connectivity index (χ0v) is 11.8. The summed E-state index contributed by atoms with van der Waals surface area (Å²) in [5, 5.41) is 5.59. The predicted octanol–water partition coefficient (Wildman–Crippen LogP) is 1.57. The summed E-state index contributed by atoms with van der Waals surface area (Å²) >= 11 is 0. The van der Waals surface area contributed by atoms with Gasteiger partial charge in [0.1, 0.15) is 0 Å². The molecule has 0 unspecified atom stereocenters. The number of aryl methyl sites for hydroxylation is 1. The molecule has 2 N–H and O–H groups in total. The molecule has 1 aromatic heterocycles. The van der Waals surface area contributed by atoms with Crippen molar-refractivity contribution in [3.05, 3.63) is 24.5 Å². The zero-order valence-electron chi connectivity index (χ0n) is 10.1. The highest BCUT2D eigenvalue weighted by atomic mass is 35.5. The molecular weight excluding hydrogens is 275 g/mol. The topological polar surface area (TPSA) is 59.0 Å². The molecule has 0 aliphatic carbocycles. The van der Waals surface area contributed by atoms with Crippen LogP contribution >= 0.6 is 24.8 Å². The number of halogens is 2. The Bertz CT molecular complexity index is 527. The number of fused-ring (bicyclic) bond motifs is 1. The number of nitrogens with one attached hydrogen (secondary N) is 2. The first kappa shape index (κ1) is 16.7. The first-order valence-corrected chi connectivity index (χ1v) is 5.06. The minimum Gasteiger partial charge on any atom is -0.334 e. The number of hydrogen-bond acceptors (Lipinski definition) is 3. The Hall–Kier alpha value is -1.30.